The molecule has 0 bridgehead atoms. The first-order chi connectivity index (χ1) is 14.3. The highest BCUT2D eigenvalue weighted by Crippen LogP contribution is 2.37. The van der Waals surface area contributed by atoms with Crippen LogP contribution in [0.5, 0.6) is 0 Å². The van der Waals surface area contributed by atoms with E-state index in [2.05, 4.69) is 65.6 Å². The van der Waals surface area contributed by atoms with Crippen molar-refractivity contribution in [2.24, 2.45) is 5.92 Å². The second-order valence-electron chi connectivity index (χ2n) is 8.31. The molecule has 0 amide bonds. The molecule has 1 saturated carbocycles. The zero-order valence-corrected chi connectivity index (χ0v) is 17.5. The van der Waals surface area contributed by atoms with Crippen molar-refractivity contribution in [3.63, 3.8) is 0 Å². The van der Waals surface area contributed by atoms with Crippen molar-refractivity contribution >= 4 is 0 Å². The van der Waals surface area contributed by atoms with Crippen LogP contribution in [0.2, 0.25) is 0 Å². The fourth-order valence-electron chi connectivity index (χ4n) is 4.99. The highest BCUT2D eigenvalue weighted by Gasteiger charge is 2.39. The predicted octanol–water partition coefficient (Wildman–Crippen LogP) is 5.66. The molecule has 0 unspecified atom stereocenters. The van der Waals surface area contributed by atoms with Crippen molar-refractivity contribution in [3.05, 3.63) is 72.5 Å². The van der Waals surface area contributed by atoms with Gasteiger partial charge in [-0.25, -0.2) is 0 Å². The number of hydrogen-bond acceptors (Lipinski definition) is 3. The molecular weight excluding hydrogens is 358 g/mol. The van der Waals surface area contributed by atoms with E-state index in [0.29, 0.717) is 24.7 Å². The lowest BCUT2D eigenvalue weighted by molar-refractivity contribution is 0.00397. The maximum atomic E-state index is 6.47. The average Bonchev–Trinajstić information content (AvgIpc) is 3.43. The van der Waals surface area contributed by atoms with Gasteiger partial charge < -0.3 is 9.47 Å². The van der Waals surface area contributed by atoms with Crippen molar-refractivity contribution in [3.8, 4) is 11.1 Å². The molecule has 0 radical (unpaired) electrons. The molecule has 0 spiro atoms. The minimum atomic E-state index is 0.330. The monoisotopic (exact) mass is 391 g/mol. The van der Waals surface area contributed by atoms with Gasteiger partial charge in [-0.15, -0.1) is 0 Å². The molecule has 1 saturated heterocycles. The third-order valence-electron chi connectivity index (χ3n) is 6.49. The van der Waals surface area contributed by atoms with E-state index in [-0.39, 0.29) is 0 Å². The summed E-state index contributed by atoms with van der Waals surface area (Å²) in [5, 5.41) is 0. The van der Waals surface area contributed by atoms with Gasteiger partial charge in [0.1, 0.15) is 0 Å². The van der Waals surface area contributed by atoms with Gasteiger partial charge in [-0.2, -0.15) is 0 Å². The van der Waals surface area contributed by atoms with Crippen LogP contribution in [-0.2, 0) is 16.1 Å². The van der Waals surface area contributed by atoms with Crippen LogP contribution in [0.4, 0.5) is 0 Å². The molecule has 0 aromatic heterocycles. The first kappa shape index (κ1) is 20.2. The van der Waals surface area contributed by atoms with Crippen molar-refractivity contribution in [2.45, 2.75) is 50.9 Å². The van der Waals surface area contributed by atoms with Crippen LogP contribution < -0.4 is 0 Å². The Morgan fingerprint density at radius 3 is 2.38 bits per heavy atom. The SMILES string of the molecule is COC=CC[C@H]1[C@H](N2CCCC2)CC[C@H]1OCc1ccc(-c2ccccc2)cc1. The van der Waals surface area contributed by atoms with Crippen molar-refractivity contribution in [2.75, 3.05) is 20.2 Å². The Kier molecular flexibility index (Phi) is 7.02. The molecule has 4 rings (SSSR count). The van der Waals surface area contributed by atoms with Crippen LogP contribution in [0.1, 0.15) is 37.7 Å². The molecule has 3 nitrogen and oxygen atoms in total. The number of rotatable bonds is 8. The number of benzene rings is 2. The highest BCUT2D eigenvalue weighted by atomic mass is 16.5. The fourth-order valence-corrected chi connectivity index (χ4v) is 4.99. The molecular formula is C26H33NO2. The second-order valence-corrected chi connectivity index (χ2v) is 8.31. The summed E-state index contributed by atoms with van der Waals surface area (Å²) in [6, 6.07) is 20.0. The molecule has 1 heterocycles. The Hall–Kier alpha value is -2.10. The lowest BCUT2D eigenvalue weighted by Gasteiger charge is -2.31. The lowest BCUT2D eigenvalue weighted by Crippen LogP contribution is -2.38. The van der Waals surface area contributed by atoms with Gasteiger partial charge >= 0.3 is 0 Å². The fraction of sp³-hybridized carbons (Fsp3) is 0.462. The summed E-state index contributed by atoms with van der Waals surface area (Å²) in [5.74, 6) is 0.558. The molecule has 3 heteroatoms. The molecule has 2 fully saturated rings. The molecule has 2 aliphatic rings. The van der Waals surface area contributed by atoms with Gasteiger partial charge in [-0.1, -0.05) is 54.6 Å². The van der Waals surface area contributed by atoms with E-state index >= 15 is 0 Å². The zero-order chi connectivity index (χ0) is 19.9. The summed E-state index contributed by atoms with van der Waals surface area (Å²) in [4.78, 5) is 2.70. The topological polar surface area (TPSA) is 21.7 Å². The minimum absolute atomic E-state index is 0.330. The van der Waals surface area contributed by atoms with Gasteiger partial charge in [0.2, 0.25) is 0 Å². The maximum absolute atomic E-state index is 6.47. The van der Waals surface area contributed by atoms with E-state index in [1.807, 2.05) is 6.26 Å². The van der Waals surface area contributed by atoms with Crippen LogP contribution in [-0.4, -0.2) is 37.2 Å². The van der Waals surface area contributed by atoms with E-state index in [1.54, 1.807) is 7.11 Å². The number of nitrogens with zero attached hydrogens (tertiary/aromatic N) is 1. The molecule has 154 valence electrons. The first-order valence-corrected chi connectivity index (χ1v) is 11.0. The van der Waals surface area contributed by atoms with E-state index in [4.69, 9.17) is 9.47 Å². The molecule has 2 aromatic carbocycles. The van der Waals surface area contributed by atoms with Crippen LogP contribution in [0.15, 0.2) is 66.9 Å². The van der Waals surface area contributed by atoms with Crippen LogP contribution in [0.3, 0.4) is 0 Å². The first-order valence-electron chi connectivity index (χ1n) is 11.0. The Balaban J connectivity index is 1.37. The number of ether oxygens (including phenoxy) is 2. The normalized spacial score (nSPS) is 25.1. The third kappa shape index (κ3) is 5.09. The molecule has 0 N–H and O–H groups in total. The van der Waals surface area contributed by atoms with Crippen LogP contribution in [0.25, 0.3) is 11.1 Å². The van der Waals surface area contributed by atoms with Crippen LogP contribution >= 0.6 is 0 Å². The Morgan fingerprint density at radius 2 is 1.66 bits per heavy atom. The molecule has 2 aromatic rings. The summed E-state index contributed by atoms with van der Waals surface area (Å²) in [6.07, 6.45) is 10.5. The van der Waals surface area contributed by atoms with Gasteiger partial charge in [-0.05, 0) is 68.0 Å². The van der Waals surface area contributed by atoms with Gasteiger partial charge in [0.15, 0.2) is 0 Å². The standard InChI is InChI=1S/C26H33NO2/c1-28-19-7-10-24-25(27-17-5-6-18-27)15-16-26(24)29-20-21-11-13-23(14-12-21)22-8-3-2-4-9-22/h2-4,7-9,11-14,19,24-26H,5-6,10,15-18,20H2,1H3/t24-,25+,26+/m0/s1. The van der Waals surface area contributed by atoms with E-state index in [0.717, 1.165) is 12.8 Å². The van der Waals surface area contributed by atoms with Crippen molar-refractivity contribution < 1.29 is 9.47 Å². The highest BCUT2D eigenvalue weighted by molar-refractivity contribution is 5.63. The van der Waals surface area contributed by atoms with Crippen molar-refractivity contribution in [1.29, 1.82) is 0 Å². The number of methoxy groups -OCH3 is 1. The number of allylic oxidation sites excluding steroid dienone is 1. The Morgan fingerprint density at radius 1 is 0.931 bits per heavy atom. The Labute approximate surface area is 175 Å². The van der Waals surface area contributed by atoms with Gasteiger partial charge in [0.25, 0.3) is 0 Å². The predicted molar refractivity (Wildman–Crippen MR) is 119 cm³/mol. The summed E-state index contributed by atoms with van der Waals surface area (Å²) in [5.41, 5.74) is 3.77. The van der Waals surface area contributed by atoms with E-state index in [1.165, 1.54) is 49.0 Å². The summed E-state index contributed by atoms with van der Waals surface area (Å²) < 4.78 is 11.6. The smallest absolute Gasteiger partial charge is 0.0784 e. The van der Waals surface area contributed by atoms with Gasteiger partial charge in [0, 0.05) is 12.0 Å². The van der Waals surface area contributed by atoms with Gasteiger partial charge in [-0.3, -0.25) is 4.90 Å². The molecule has 1 aliphatic carbocycles. The third-order valence-corrected chi connectivity index (χ3v) is 6.49. The largest absolute Gasteiger partial charge is 0.505 e. The molecule has 3 atom stereocenters. The van der Waals surface area contributed by atoms with Crippen LogP contribution in [0, 0.1) is 5.92 Å². The maximum Gasteiger partial charge on any atom is 0.0784 e. The van der Waals surface area contributed by atoms with E-state index in [9.17, 15) is 0 Å². The molecule has 1 aliphatic heterocycles. The summed E-state index contributed by atoms with van der Waals surface area (Å²) in [7, 11) is 1.72. The second kappa shape index (κ2) is 10.1. The zero-order valence-electron chi connectivity index (χ0n) is 17.5. The molecule has 29 heavy (non-hydrogen) atoms. The quantitative estimate of drug-likeness (QED) is 0.542. The minimum Gasteiger partial charge on any atom is -0.505 e. The summed E-state index contributed by atoms with van der Waals surface area (Å²) >= 11 is 0. The lowest BCUT2D eigenvalue weighted by atomic mass is 9.96. The number of hydrogen-bond donors (Lipinski definition) is 0. The average molecular weight is 392 g/mol. The Bertz CT molecular complexity index is 765. The van der Waals surface area contributed by atoms with Crippen molar-refractivity contribution in [1.82, 2.24) is 4.90 Å². The van der Waals surface area contributed by atoms with Gasteiger partial charge in [0.05, 0.1) is 26.1 Å². The summed E-state index contributed by atoms with van der Waals surface area (Å²) in [6.45, 7) is 3.20. The van der Waals surface area contributed by atoms with E-state index < -0.39 is 0 Å². The number of likely N-dealkylation sites (tertiary alicyclic amines) is 1.